The van der Waals surface area contributed by atoms with Gasteiger partial charge in [-0.05, 0) is 28.1 Å². The summed E-state index contributed by atoms with van der Waals surface area (Å²) in [5, 5.41) is 2.64. The zero-order valence-corrected chi connectivity index (χ0v) is 12.3. The van der Waals surface area contributed by atoms with E-state index in [1.807, 2.05) is 6.92 Å². The second-order valence-corrected chi connectivity index (χ2v) is 4.96. The van der Waals surface area contributed by atoms with Crippen molar-refractivity contribution < 1.29 is 13.6 Å². The van der Waals surface area contributed by atoms with E-state index in [1.54, 1.807) is 6.20 Å². The van der Waals surface area contributed by atoms with Gasteiger partial charge in [0.25, 0.3) is 5.91 Å². The Labute approximate surface area is 123 Å². The van der Waals surface area contributed by atoms with Crippen LogP contribution in [-0.2, 0) is 13.0 Å². The number of carbonyl (C=O) groups is 1. The Hall–Kier alpha value is -1.89. The Kier molecular flexibility index (Phi) is 4.39. The highest BCUT2D eigenvalue weighted by atomic mass is 79.9. The lowest BCUT2D eigenvalue weighted by Gasteiger charge is -2.07. The highest BCUT2D eigenvalue weighted by Gasteiger charge is 2.14. The highest BCUT2D eigenvalue weighted by molar-refractivity contribution is 9.10. The molecule has 0 atom stereocenters. The lowest BCUT2D eigenvalue weighted by molar-refractivity contribution is 0.0946. The van der Waals surface area contributed by atoms with Gasteiger partial charge in [-0.25, -0.2) is 9.37 Å². The summed E-state index contributed by atoms with van der Waals surface area (Å²) >= 11 is 3.13. The summed E-state index contributed by atoms with van der Waals surface area (Å²) in [6.07, 6.45) is 2.36. The molecule has 20 heavy (non-hydrogen) atoms. The number of aromatic nitrogens is 1. The van der Waals surface area contributed by atoms with E-state index in [0.717, 1.165) is 18.2 Å². The molecule has 1 amide bonds. The third-order valence-electron chi connectivity index (χ3n) is 2.68. The molecule has 0 aliphatic carbocycles. The Morgan fingerprint density at radius 2 is 2.30 bits per heavy atom. The van der Waals surface area contributed by atoms with E-state index >= 15 is 0 Å². The van der Waals surface area contributed by atoms with Crippen molar-refractivity contribution >= 4 is 27.5 Å². The number of benzene rings is 1. The number of aryl methyl sites for hydroxylation is 1. The first-order valence-corrected chi connectivity index (χ1v) is 6.76. The summed E-state index contributed by atoms with van der Waals surface area (Å²) in [4.78, 5) is 16.0. The third kappa shape index (κ3) is 3.16. The number of rotatable bonds is 4. The van der Waals surface area contributed by atoms with Gasteiger partial charge < -0.3 is 15.5 Å². The molecule has 3 N–H and O–H groups in total. The van der Waals surface area contributed by atoms with Crippen molar-refractivity contribution in [1.29, 1.82) is 0 Å². The molecule has 2 rings (SSSR count). The van der Waals surface area contributed by atoms with Crippen LogP contribution in [0.5, 0.6) is 0 Å². The van der Waals surface area contributed by atoms with Crippen LogP contribution in [0.1, 0.15) is 28.9 Å². The molecule has 106 valence electrons. The van der Waals surface area contributed by atoms with Gasteiger partial charge in [0.1, 0.15) is 11.6 Å². The van der Waals surface area contributed by atoms with Gasteiger partial charge in [-0.3, -0.25) is 4.79 Å². The van der Waals surface area contributed by atoms with Gasteiger partial charge in [0.2, 0.25) is 5.89 Å². The average molecular weight is 342 g/mol. The van der Waals surface area contributed by atoms with E-state index in [0.29, 0.717) is 10.4 Å². The fourth-order valence-electron chi connectivity index (χ4n) is 1.58. The smallest absolute Gasteiger partial charge is 0.252 e. The van der Waals surface area contributed by atoms with Gasteiger partial charge in [-0.15, -0.1) is 0 Å². The van der Waals surface area contributed by atoms with Crippen LogP contribution in [0.15, 0.2) is 27.2 Å². The number of nitrogens with one attached hydrogen (secondary N) is 1. The Morgan fingerprint density at radius 1 is 1.55 bits per heavy atom. The molecule has 1 heterocycles. The van der Waals surface area contributed by atoms with Crippen LogP contribution in [0.25, 0.3) is 0 Å². The van der Waals surface area contributed by atoms with Gasteiger partial charge in [0, 0.05) is 10.9 Å². The standard InChI is InChI=1S/C13H13BrFN3O2/c1-2-7-5-17-12(20-7)6-18-13(19)8-3-11(16)10(15)4-9(8)14/h3-5H,2,6,16H2,1H3,(H,18,19). The molecule has 0 saturated heterocycles. The van der Waals surface area contributed by atoms with Crippen LogP contribution in [-0.4, -0.2) is 10.9 Å². The monoisotopic (exact) mass is 341 g/mol. The number of anilines is 1. The predicted molar refractivity (Wildman–Crippen MR) is 75.6 cm³/mol. The first kappa shape index (κ1) is 14.5. The minimum atomic E-state index is -0.575. The zero-order chi connectivity index (χ0) is 14.7. The van der Waals surface area contributed by atoms with Crippen LogP contribution in [0.3, 0.4) is 0 Å². The summed E-state index contributed by atoms with van der Waals surface area (Å²) in [6.45, 7) is 2.10. The van der Waals surface area contributed by atoms with Crippen molar-refractivity contribution in [1.82, 2.24) is 10.3 Å². The van der Waals surface area contributed by atoms with Gasteiger partial charge >= 0.3 is 0 Å². The maximum Gasteiger partial charge on any atom is 0.252 e. The van der Waals surface area contributed by atoms with Crippen molar-refractivity contribution in [2.75, 3.05) is 5.73 Å². The van der Waals surface area contributed by atoms with Crippen LogP contribution in [0.2, 0.25) is 0 Å². The molecular weight excluding hydrogens is 329 g/mol. The minimum Gasteiger partial charge on any atom is -0.444 e. The maximum absolute atomic E-state index is 13.2. The maximum atomic E-state index is 13.2. The van der Waals surface area contributed by atoms with E-state index in [9.17, 15) is 9.18 Å². The summed E-state index contributed by atoms with van der Waals surface area (Å²) in [6, 6.07) is 2.44. The number of carbonyl (C=O) groups excluding carboxylic acids is 1. The normalized spacial score (nSPS) is 10.6. The number of amides is 1. The second kappa shape index (κ2) is 6.04. The van der Waals surface area contributed by atoms with Crippen LogP contribution >= 0.6 is 15.9 Å². The molecule has 0 bridgehead atoms. The van der Waals surface area contributed by atoms with E-state index in [4.69, 9.17) is 10.2 Å². The van der Waals surface area contributed by atoms with Gasteiger partial charge in [0.15, 0.2) is 0 Å². The molecule has 0 unspecified atom stereocenters. The van der Waals surface area contributed by atoms with Crippen LogP contribution in [0, 0.1) is 5.82 Å². The van der Waals surface area contributed by atoms with Crippen molar-refractivity contribution in [2.24, 2.45) is 0 Å². The van der Waals surface area contributed by atoms with Crippen molar-refractivity contribution in [3.05, 3.63) is 45.8 Å². The first-order valence-electron chi connectivity index (χ1n) is 5.97. The van der Waals surface area contributed by atoms with E-state index < -0.39 is 5.82 Å². The van der Waals surface area contributed by atoms with Crippen LogP contribution in [0.4, 0.5) is 10.1 Å². The topological polar surface area (TPSA) is 81.2 Å². The van der Waals surface area contributed by atoms with Crippen molar-refractivity contribution in [2.45, 2.75) is 19.9 Å². The lowest BCUT2D eigenvalue weighted by atomic mass is 10.2. The quantitative estimate of drug-likeness (QED) is 0.837. The zero-order valence-electron chi connectivity index (χ0n) is 10.7. The number of oxazole rings is 1. The van der Waals surface area contributed by atoms with Gasteiger partial charge in [-0.2, -0.15) is 0 Å². The number of hydrogen-bond donors (Lipinski definition) is 2. The molecule has 0 radical (unpaired) electrons. The SMILES string of the molecule is CCc1cnc(CNC(=O)c2cc(N)c(F)cc2Br)o1. The highest BCUT2D eigenvalue weighted by Crippen LogP contribution is 2.22. The van der Waals surface area contributed by atoms with Crippen LogP contribution < -0.4 is 11.1 Å². The molecule has 0 saturated carbocycles. The molecule has 2 aromatic rings. The fraction of sp³-hybridized carbons (Fsp3) is 0.231. The Morgan fingerprint density at radius 3 is 2.95 bits per heavy atom. The molecule has 1 aromatic heterocycles. The summed E-state index contributed by atoms with van der Waals surface area (Å²) in [7, 11) is 0. The molecular formula is C13H13BrFN3O2. The molecule has 5 nitrogen and oxygen atoms in total. The molecule has 0 aliphatic rings. The number of halogens is 2. The average Bonchev–Trinajstić information content (AvgIpc) is 2.88. The molecule has 1 aromatic carbocycles. The van der Waals surface area contributed by atoms with E-state index in [2.05, 4.69) is 26.2 Å². The lowest BCUT2D eigenvalue weighted by Crippen LogP contribution is -2.23. The Balaban J connectivity index is 2.07. The third-order valence-corrected chi connectivity index (χ3v) is 3.34. The largest absolute Gasteiger partial charge is 0.444 e. The molecule has 0 fully saturated rings. The summed E-state index contributed by atoms with van der Waals surface area (Å²) < 4.78 is 18.9. The summed E-state index contributed by atoms with van der Waals surface area (Å²) in [5.74, 6) is 0.205. The second-order valence-electron chi connectivity index (χ2n) is 4.11. The number of nitrogens with two attached hydrogens (primary N) is 1. The van der Waals surface area contributed by atoms with Gasteiger partial charge in [0.05, 0.1) is 24.0 Å². The molecule has 0 spiro atoms. The van der Waals surface area contributed by atoms with Gasteiger partial charge in [-0.1, -0.05) is 6.92 Å². The fourth-order valence-corrected chi connectivity index (χ4v) is 2.08. The van der Waals surface area contributed by atoms with Crippen molar-refractivity contribution in [3.8, 4) is 0 Å². The van der Waals surface area contributed by atoms with E-state index in [1.165, 1.54) is 6.07 Å². The number of nitrogen functional groups attached to an aromatic ring is 1. The van der Waals surface area contributed by atoms with E-state index in [-0.39, 0.29) is 23.7 Å². The molecule has 7 heteroatoms. The predicted octanol–water partition coefficient (Wildman–Crippen LogP) is 2.65. The number of nitrogens with zero attached hydrogens (tertiary/aromatic N) is 1. The minimum absolute atomic E-state index is 0.0808. The Bertz CT molecular complexity index is 643. The first-order chi connectivity index (χ1) is 9.51. The summed E-state index contributed by atoms with van der Waals surface area (Å²) in [5.41, 5.74) is 5.62. The number of hydrogen-bond acceptors (Lipinski definition) is 4. The molecule has 0 aliphatic heterocycles. The van der Waals surface area contributed by atoms with Crippen molar-refractivity contribution in [3.63, 3.8) is 0 Å².